The number of nitrogens with two attached hydrogens (primary N) is 1. The summed E-state index contributed by atoms with van der Waals surface area (Å²) in [6, 6.07) is 11.4. The quantitative estimate of drug-likeness (QED) is 0.852. The first-order valence-corrected chi connectivity index (χ1v) is 5.63. The Hall–Kier alpha value is -1.61. The molecule has 0 aliphatic heterocycles. The molecule has 3 heteroatoms. The summed E-state index contributed by atoms with van der Waals surface area (Å²) in [7, 11) is 0. The zero-order valence-electron chi connectivity index (χ0n) is 8.65. The van der Waals surface area contributed by atoms with Crippen molar-refractivity contribution < 1.29 is 0 Å². The fourth-order valence-electron chi connectivity index (χ4n) is 1.47. The van der Waals surface area contributed by atoms with Gasteiger partial charge in [0.1, 0.15) is 0 Å². The molecule has 0 amide bonds. The van der Waals surface area contributed by atoms with Crippen LogP contribution in [-0.2, 0) is 0 Å². The number of hydrogen-bond donors (Lipinski definition) is 1. The summed E-state index contributed by atoms with van der Waals surface area (Å²) < 4.78 is 0.980. The van der Waals surface area contributed by atoms with Crippen molar-refractivity contribution in [3.8, 4) is 0 Å². The van der Waals surface area contributed by atoms with Gasteiger partial charge in [0.25, 0.3) is 0 Å². The van der Waals surface area contributed by atoms with Crippen LogP contribution in [0.3, 0.4) is 0 Å². The van der Waals surface area contributed by atoms with Crippen molar-refractivity contribution in [1.29, 1.82) is 0 Å². The van der Waals surface area contributed by atoms with E-state index in [9.17, 15) is 0 Å². The van der Waals surface area contributed by atoms with Crippen molar-refractivity contribution in [2.24, 2.45) is 0 Å². The molecule has 80 valence electrons. The van der Waals surface area contributed by atoms with Crippen LogP contribution < -0.4 is 5.73 Å². The standard InChI is InChI=1S/C13H11BrN2/c1-9(13-4-2-3-7-16-13)11-8-10(14)5-6-12(11)15/h2-8H,1,15H2. The monoisotopic (exact) mass is 274 g/mol. The van der Waals surface area contributed by atoms with Crippen LogP contribution in [0.1, 0.15) is 11.3 Å². The molecule has 0 aliphatic rings. The normalized spacial score (nSPS) is 10.1. The van der Waals surface area contributed by atoms with E-state index in [4.69, 9.17) is 5.73 Å². The first kappa shape index (κ1) is 10.9. The molecular formula is C13H11BrN2. The van der Waals surface area contributed by atoms with Crippen LogP contribution in [0, 0.1) is 0 Å². The van der Waals surface area contributed by atoms with Crippen molar-refractivity contribution in [2.45, 2.75) is 0 Å². The minimum absolute atomic E-state index is 0.707. The molecule has 0 aliphatic carbocycles. The van der Waals surface area contributed by atoms with Crippen molar-refractivity contribution in [3.63, 3.8) is 0 Å². The van der Waals surface area contributed by atoms with E-state index in [2.05, 4.69) is 27.5 Å². The maximum Gasteiger partial charge on any atom is 0.0702 e. The zero-order chi connectivity index (χ0) is 11.5. The first-order valence-electron chi connectivity index (χ1n) is 4.84. The second-order valence-electron chi connectivity index (χ2n) is 3.43. The van der Waals surface area contributed by atoms with Crippen LogP contribution in [0.15, 0.2) is 53.6 Å². The van der Waals surface area contributed by atoms with Gasteiger partial charge in [0.05, 0.1) is 5.69 Å². The Morgan fingerprint density at radius 1 is 1.25 bits per heavy atom. The smallest absolute Gasteiger partial charge is 0.0702 e. The molecule has 0 unspecified atom stereocenters. The molecule has 0 atom stereocenters. The number of aromatic nitrogens is 1. The molecule has 0 saturated carbocycles. The third-order valence-corrected chi connectivity index (χ3v) is 2.81. The molecule has 1 aromatic heterocycles. The van der Waals surface area contributed by atoms with E-state index in [1.807, 2.05) is 36.4 Å². The third kappa shape index (κ3) is 2.14. The Bertz CT molecular complexity index is 521. The van der Waals surface area contributed by atoms with Crippen LogP contribution in [-0.4, -0.2) is 4.98 Å². The van der Waals surface area contributed by atoms with Gasteiger partial charge < -0.3 is 5.73 Å². The summed E-state index contributed by atoms with van der Waals surface area (Å²) in [5.74, 6) is 0. The lowest BCUT2D eigenvalue weighted by molar-refractivity contribution is 1.27. The molecule has 0 bridgehead atoms. The number of nitrogen functional groups attached to an aromatic ring is 1. The van der Waals surface area contributed by atoms with Gasteiger partial charge in [-0.15, -0.1) is 0 Å². The highest BCUT2D eigenvalue weighted by atomic mass is 79.9. The summed E-state index contributed by atoms with van der Waals surface area (Å²) in [5, 5.41) is 0. The van der Waals surface area contributed by atoms with Crippen LogP contribution >= 0.6 is 15.9 Å². The van der Waals surface area contributed by atoms with Crippen molar-refractivity contribution in [3.05, 3.63) is 64.9 Å². The Morgan fingerprint density at radius 3 is 2.75 bits per heavy atom. The molecule has 2 rings (SSSR count). The van der Waals surface area contributed by atoms with Gasteiger partial charge in [-0.1, -0.05) is 28.6 Å². The Morgan fingerprint density at radius 2 is 2.06 bits per heavy atom. The SMILES string of the molecule is C=C(c1ccccn1)c1cc(Br)ccc1N. The van der Waals surface area contributed by atoms with Gasteiger partial charge in [-0.05, 0) is 30.3 Å². The van der Waals surface area contributed by atoms with Crippen LogP contribution in [0.25, 0.3) is 5.57 Å². The number of rotatable bonds is 2. The number of benzene rings is 1. The fraction of sp³-hybridized carbons (Fsp3) is 0. The highest BCUT2D eigenvalue weighted by Crippen LogP contribution is 2.27. The number of pyridine rings is 1. The molecule has 1 heterocycles. The van der Waals surface area contributed by atoms with Gasteiger partial charge in [0.2, 0.25) is 0 Å². The highest BCUT2D eigenvalue weighted by molar-refractivity contribution is 9.10. The Labute approximate surface area is 103 Å². The summed E-state index contributed by atoms with van der Waals surface area (Å²) in [6.07, 6.45) is 1.74. The topological polar surface area (TPSA) is 38.9 Å². The summed E-state index contributed by atoms with van der Waals surface area (Å²) >= 11 is 3.42. The average molecular weight is 275 g/mol. The minimum atomic E-state index is 0.707. The van der Waals surface area contributed by atoms with Gasteiger partial charge in [-0.3, -0.25) is 4.98 Å². The lowest BCUT2D eigenvalue weighted by atomic mass is 10.0. The van der Waals surface area contributed by atoms with E-state index < -0.39 is 0 Å². The molecule has 2 nitrogen and oxygen atoms in total. The second kappa shape index (κ2) is 4.49. The van der Waals surface area contributed by atoms with E-state index in [1.165, 1.54) is 0 Å². The number of anilines is 1. The van der Waals surface area contributed by atoms with Crippen molar-refractivity contribution in [2.75, 3.05) is 5.73 Å². The Kier molecular flexibility index (Phi) is 3.06. The molecule has 1 aromatic carbocycles. The molecule has 16 heavy (non-hydrogen) atoms. The summed E-state index contributed by atoms with van der Waals surface area (Å²) in [5.41, 5.74) is 9.21. The molecule has 2 aromatic rings. The molecule has 0 radical (unpaired) electrons. The molecule has 0 fully saturated rings. The number of nitrogens with zero attached hydrogens (tertiary/aromatic N) is 1. The minimum Gasteiger partial charge on any atom is -0.398 e. The number of hydrogen-bond acceptors (Lipinski definition) is 2. The van der Waals surface area contributed by atoms with Gasteiger partial charge in [-0.25, -0.2) is 0 Å². The Balaban J connectivity index is 2.46. The van der Waals surface area contributed by atoms with E-state index in [-0.39, 0.29) is 0 Å². The lowest BCUT2D eigenvalue weighted by Gasteiger charge is -2.08. The zero-order valence-corrected chi connectivity index (χ0v) is 10.2. The van der Waals surface area contributed by atoms with Gasteiger partial charge in [-0.2, -0.15) is 0 Å². The van der Waals surface area contributed by atoms with Gasteiger partial charge >= 0.3 is 0 Å². The molecule has 0 saturated heterocycles. The van der Waals surface area contributed by atoms with E-state index >= 15 is 0 Å². The highest BCUT2D eigenvalue weighted by Gasteiger charge is 2.07. The lowest BCUT2D eigenvalue weighted by Crippen LogP contribution is -1.95. The van der Waals surface area contributed by atoms with Crippen LogP contribution in [0.4, 0.5) is 5.69 Å². The summed E-state index contributed by atoms with van der Waals surface area (Å²) in [6.45, 7) is 4.03. The predicted octanol–water partition coefficient (Wildman–Crippen LogP) is 3.49. The van der Waals surface area contributed by atoms with Crippen LogP contribution in [0.5, 0.6) is 0 Å². The maximum absolute atomic E-state index is 5.92. The van der Waals surface area contributed by atoms with E-state index in [0.717, 1.165) is 21.3 Å². The molecular weight excluding hydrogens is 264 g/mol. The van der Waals surface area contributed by atoms with Gasteiger partial charge in [0, 0.05) is 27.5 Å². The third-order valence-electron chi connectivity index (χ3n) is 2.31. The van der Waals surface area contributed by atoms with Gasteiger partial charge in [0.15, 0.2) is 0 Å². The van der Waals surface area contributed by atoms with Crippen molar-refractivity contribution in [1.82, 2.24) is 4.98 Å². The van der Waals surface area contributed by atoms with Crippen molar-refractivity contribution >= 4 is 27.2 Å². The maximum atomic E-state index is 5.92. The average Bonchev–Trinajstić information content (AvgIpc) is 2.32. The van der Waals surface area contributed by atoms with E-state index in [0.29, 0.717) is 5.69 Å². The first-order chi connectivity index (χ1) is 7.68. The summed E-state index contributed by atoms with van der Waals surface area (Å²) in [4.78, 5) is 4.26. The second-order valence-corrected chi connectivity index (χ2v) is 4.34. The molecule has 2 N–H and O–H groups in total. The van der Waals surface area contributed by atoms with E-state index in [1.54, 1.807) is 6.20 Å². The fourth-order valence-corrected chi connectivity index (χ4v) is 1.83. The largest absolute Gasteiger partial charge is 0.398 e. The molecule has 0 spiro atoms. The number of halogens is 1. The predicted molar refractivity (Wildman–Crippen MR) is 70.9 cm³/mol. The van der Waals surface area contributed by atoms with Crippen LogP contribution in [0.2, 0.25) is 0 Å².